The van der Waals surface area contributed by atoms with E-state index in [0.717, 1.165) is 47.5 Å². The summed E-state index contributed by atoms with van der Waals surface area (Å²) in [5.74, 6) is -1.33. The monoisotopic (exact) mass is 815 g/mol. The van der Waals surface area contributed by atoms with Crippen molar-refractivity contribution in [2.75, 3.05) is 23.7 Å². The second-order valence-corrected chi connectivity index (χ2v) is 19.4. The van der Waals surface area contributed by atoms with Crippen molar-refractivity contribution in [3.8, 4) is 0 Å². The van der Waals surface area contributed by atoms with Crippen LogP contribution in [0, 0.1) is 0 Å². The van der Waals surface area contributed by atoms with Crippen LogP contribution in [0.2, 0.25) is 0 Å². The fraction of sp³-hybridized carbons (Fsp3) is 0.514. The van der Waals surface area contributed by atoms with E-state index in [1.807, 2.05) is 32.1 Å². The van der Waals surface area contributed by atoms with Gasteiger partial charge in [0.15, 0.2) is 5.71 Å². The zero-order chi connectivity index (χ0) is 38.6. The summed E-state index contributed by atoms with van der Waals surface area (Å²) in [4.78, 5) is 12.9. The summed E-state index contributed by atoms with van der Waals surface area (Å²) < 4.78 is 106. The maximum absolute atomic E-state index is 12.8. The van der Waals surface area contributed by atoms with E-state index in [2.05, 4.69) is 9.48 Å². The zero-order valence-corrected chi connectivity index (χ0v) is 32.4. The molecule has 2 unspecified atom stereocenters. The average molecular weight is 816 g/mol. The van der Waals surface area contributed by atoms with E-state index in [4.69, 9.17) is 5.11 Å². The molecule has 2 aromatic rings. The van der Waals surface area contributed by atoms with E-state index in [9.17, 15) is 43.7 Å². The van der Waals surface area contributed by atoms with Gasteiger partial charge in [0, 0.05) is 53.4 Å². The number of carboxylic acid groups (broad SMARTS) is 1. The fourth-order valence-corrected chi connectivity index (χ4v) is 11.3. The molecule has 290 valence electrons. The second kappa shape index (κ2) is 15.9. The van der Waals surface area contributed by atoms with Gasteiger partial charge in [-0.05, 0) is 82.6 Å². The van der Waals surface area contributed by atoms with Crippen molar-refractivity contribution < 1.29 is 53.4 Å². The molecule has 6 rings (SSSR count). The molecule has 0 amide bonds. The van der Waals surface area contributed by atoms with Gasteiger partial charge in [0.05, 0.1) is 16.7 Å². The fourth-order valence-electron chi connectivity index (χ4n) is 9.14. The van der Waals surface area contributed by atoms with Crippen molar-refractivity contribution in [3.05, 3.63) is 70.4 Å². The number of allylic oxidation sites excluding steroid dienone is 4. The van der Waals surface area contributed by atoms with Crippen LogP contribution >= 0.6 is 0 Å². The predicted molar refractivity (Wildman–Crippen MR) is 206 cm³/mol. The Balaban J connectivity index is 0.00000561. The first-order chi connectivity index (χ1) is 24.8. The van der Waals surface area contributed by atoms with Crippen molar-refractivity contribution >= 4 is 83.0 Å². The molecule has 13 nitrogen and oxygen atoms in total. The molecule has 4 N–H and O–H groups in total. The first-order valence-electron chi connectivity index (χ1n) is 18.0. The van der Waals surface area contributed by atoms with Gasteiger partial charge in [-0.3, -0.25) is 18.5 Å². The first kappa shape index (κ1) is 42.7. The molecule has 17 heteroatoms. The summed E-state index contributed by atoms with van der Waals surface area (Å²) >= 11 is 0. The standard InChI is InChI=1S/C37H46N2O11S3.Na.H/c1-36(20-5-3-4-15-31(40)41)29(38-22-9-11-25-16-18-27(52(45,46)47)32(36)34(25)38)13-8-14-30-37(2,21-6-7-24-51(42,43)44)33-28(53(48,49)50)19-17-26-12-10-23-39(30)35(26)33;;/h8,13-14,16-19H,3-7,9-12,15,20-24H2,1-2H3,(H3-,40,41,42,43,44,45,46,47,48,49,50);;/p+1. The third kappa shape index (κ3) is 8.19. The second-order valence-electron chi connectivity index (χ2n) is 15.0. The summed E-state index contributed by atoms with van der Waals surface area (Å²) in [5, 5.41) is 9.16. The Morgan fingerprint density at radius 2 is 1.43 bits per heavy atom. The Morgan fingerprint density at radius 1 is 0.815 bits per heavy atom. The van der Waals surface area contributed by atoms with Gasteiger partial charge in [0.1, 0.15) is 16.3 Å². The number of carboxylic acids is 1. The molecule has 0 spiro atoms. The molecular weight excluding hydrogens is 768 g/mol. The number of aryl methyl sites for hydroxylation is 2. The van der Waals surface area contributed by atoms with Crippen LogP contribution in [-0.2, 0) is 58.8 Å². The van der Waals surface area contributed by atoms with E-state index in [1.165, 1.54) is 12.1 Å². The summed E-state index contributed by atoms with van der Waals surface area (Å²) in [6.07, 6.45) is 11.8. The van der Waals surface area contributed by atoms with Gasteiger partial charge < -0.3 is 10.0 Å². The van der Waals surface area contributed by atoms with Gasteiger partial charge in [0.2, 0.25) is 5.69 Å². The molecule has 54 heavy (non-hydrogen) atoms. The van der Waals surface area contributed by atoms with Crippen LogP contribution < -0.4 is 4.90 Å². The van der Waals surface area contributed by atoms with Gasteiger partial charge in [-0.15, -0.1) is 0 Å². The maximum atomic E-state index is 12.8. The molecule has 0 fully saturated rings. The molecule has 0 aliphatic carbocycles. The minimum absolute atomic E-state index is 0. The summed E-state index contributed by atoms with van der Waals surface area (Å²) in [5.41, 5.74) is 4.11. The first-order valence-corrected chi connectivity index (χ1v) is 22.5. The number of hydrogen-bond donors (Lipinski definition) is 4. The van der Waals surface area contributed by atoms with Crippen molar-refractivity contribution in [1.29, 1.82) is 0 Å². The number of anilines is 1. The van der Waals surface area contributed by atoms with Crippen LogP contribution in [0.3, 0.4) is 0 Å². The minimum atomic E-state index is -4.64. The van der Waals surface area contributed by atoms with Crippen LogP contribution in [0.25, 0.3) is 0 Å². The third-order valence-corrected chi connectivity index (χ3v) is 14.0. The number of benzene rings is 2. The van der Waals surface area contributed by atoms with Gasteiger partial charge in [0.25, 0.3) is 30.4 Å². The molecule has 4 aliphatic heterocycles. The quantitative estimate of drug-likeness (QED) is 0.0803. The van der Waals surface area contributed by atoms with Crippen LogP contribution in [0.1, 0.15) is 100 Å². The number of hydrogen-bond acceptors (Lipinski definition) is 8. The average Bonchev–Trinajstić information content (AvgIpc) is 3.45. The van der Waals surface area contributed by atoms with E-state index in [1.54, 1.807) is 12.1 Å². The topological polar surface area (TPSA) is 207 Å². The van der Waals surface area contributed by atoms with Crippen LogP contribution in [0.5, 0.6) is 0 Å². The Morgan fingerprint density at radius 3 is 2.07 bits per heavy atom. The van der Waals surface area contributed by atoms with Crippen LogP contribution in [0.4, 0.5) is 11.4 Å². The molecule has 0 aromatic heterocycles. The Bertz CT molecular complexity index is 2290. The SMILES string of the molecule is CC1(CCCCS(=O)(=O)O)C(/C=C/C=C2\N3CCCc4ccc(S(=O)(=O)O)c(c43)C2(C)CCCCCC(=O)O)=[N+]2CCCc3ccc(S(=O)(=O)O)c1c32.[NaH]. The molecule has 0 saturated heterocycles. The van der Waals surface area contributed by atoms with Gasteiger partial charge in [-0.2, -0.15) is 29.8 Å². The normalized spacial score (nSPS) is 22.8. The predicted octanol–water partition coefficient (Wildman–Crippen LogP) is 5.09. The number of nitrogens with zero attached hydrogens (tertiary/aromatic N) is 2. The van der Waals surface area contributed by atoms with E-state index >= 15 is 0 Å². The van der Waals surface area contributed by atoms with Crippen molar-refractivity contribution in [3.63, 3.8) is 0 Å². The number of carbonyl (C=O) groups is 1. The molecule has 4 heterocycles. The third-order valence-electron chi connectivity index (χ3n) is 11.4. The van der Waals surface area contributed by atoms with Crippen LogP contribution in [0.15, 0.2) is 58.0 Å². The number of rotatable bonds is 15. The number of unbranched alkanes of at least 4 members (excludes halogenated alkanes) is 3. The van der Waals surface area contributed by atoms with Gasteiger partial charge in [-0.1, -0.05) is 37.5 Å². The molecule has 2 aromatic carbocycles. The van der Waals surface area contributed by atoms with Gasteiger partial charge >= 0.3 is 35.5 Å². The van der Waals surface area contributed by atoms with Crippen molar-refractivity contribution in [2.45, 2.75) is 112 Å². The van der Waals surface area contributed by atoms with Gasteiger partial charge in [-0.25, -0.2) is 0 Å². The van der Waals surface area contributed by atoms with Crippen LogP contribution in [-0.4, -0.2) is 109 Å². The molecule has 0 bridgehead atoms. The van der Waals surface area contributed by atoms with E-state index in [0.29, 0.717) is 74.8 Å². The Labute approximate surface area is 339 Å². The summed E-state index contributed by atoms with van der Waals surface area (Å²) in [6, 6.07) is 6.37. The van der Waals surface area contributed by atoms with Crippen molar-refractivity contribution in [2.24, 2.45) is 0 Å². The Kier molecular flexibility index (Phi) is 12.5. The summed E-state index contributed by atoms with van der Waals surface area (Å²) in [7, 11) is -13.5. The van der Waals surface area contributed by atoms with Crippen molar-refractivity contribution in [1.82, 2.24) is 0 Å². The summed E-state index contributed by atoms with van der Waals surface area (Å²) in [6.45, 7) is 5.04. The molecular formula is C37H48N2NaO11S3+. The molecule has 0 radical (unpaired) electrons. The number of aliphatic carboxylic acids is 1. The Hall–Kier alpha value is -2.41. The zero-order valence-electron chi connectivity index (χ0n) is 29.9. The molecule has 0 saturated carbocycles. The van der Waals surface area contributed by atoms with E-state index in [-0.39, 0.29) is 52.2 Å². The van der Waals surface area contributed by atoms with E-state index < -0.39 is 52.9 Å². The molecule has 4 aliphatic rings. The molecule has 2 atom stereocenters.